The van der Waals surface area contributed by atoms with E-state index in [1.807, 2.05) is 6.07 Å². The van der Waals surface area contributed by atoms with Crippen LogP contribution in [0.5, 0.6) is 5.75 Å². The van der Waals surface area contributed by atoms with Crippen molar-refractivity contribution in [2.45, 2.75) is 31.7 Å². The first kappa shape index (κ1) is 11.9. The number of hydrogen-bond acceptors (Lipinski definition) is 3. The average molecular weight is 235 g/mol. The van der Waals surface area contributed by atoms with E-state index in [1.165, 1.54) is 11.1 Å². The molecule has 4 heteroatoms. The zero-order chi connectivity index (χ0) is 12.4. The molecule has 2 rings (SSSR count). The summed E-state index contributed by atoms with van der Waals surface area (Å²) in [6.07, 6.45) is 3.06. The molecule has 1 aromatic carbocycles. The Kier molecular flexibility index (Phi) is 3.33. The van der Waals surface area contributed by atoms with E-state index in [1.54, 1.807) is 7.11 Å². The highest BCUT2D eigenvalue weighted by Crippen LogP contribution is 2.36. The third-order valence-electron chi connectivity index (χ3n) is 3.27. The van der Waals surface area contributed by atoms with Gasteiger partial charge in [-0.3, -0.25) is 4.79 Å². The molecule has 0 aromatic heterocycles. The molecule has 0 saturated heterocycles. The lowest BCUT2D eigenvalue weighted by atomic mass is 9.95. The van der Waals surface area contributed by atoms with Crippen LogP contribution in [0.25, 0.3) is 0 Å². The van der Waals surface area contributed by atoms with Gasteiger partial charge in [0.2, 0.25) is 0 Å². The van der Waals surface area contributed by atoms with E-state index in [9.17, 15) is 4.79 Å². The van der Waals surface area contributed by atoms with Crippen LogP contribution in [0.2, 0.25) is 0 Å². The van der Waals surface area contributed by atoms with Gasteiger partial charge in [0.15, 0.2) is 0 Å². The number of aryl methyl sites for hydroxylation is 1. The third-order valence-corrected chi connectivity index (χ3v) is 3.27. The van der Waals surface area contributed by atoms with Crippen molar-refractivity contribution in [3.63, 3.8) is 0 Å². The number of carboxylic acid groups (broad SMARTS) is 1. The van der Waals surface area contributed by atoms with Crippen LogP contribution in [0.3, 0.4) is 0 Å². The van der Waals surface area contributed by atoms with Crippen LogP contribution in [0.4, 0.5) is 0 Å². The van der Waals surface area contributed by atoms with Crippen molar-refractivity contribution in [2.75, 3.05) is 7.11 Å². The molecule has 0 spiro atoms. The Morgan fingerprint density at radius 3 is 2.94 bits per heavy atom. The molecule has 0 aliphatic heterocycles. The van der Waals surface area contributed by atoms with Gasteiger partial charge in [-0.05, 0) is 36.5 Å². The molecule has 4 nitrogen and oxygen atoms in total. The Labute approximate surface area is 100 Å². The summed E-state index contributed by atoms with van der Waals surface area (Å²) in [5, 5.41) is 8.84. The number of carbonyl (C=O) groups is 1. The lowest BCUT2D eigenvalue weighted by molar-refractivity contribution is -0.137. The summed E-state index contributed by atoms with van der Waals surface area (Å²) < 4.78 is 5.30. The average Bonchev–Trinajstić information content (AvgIpc) is 2.74. The van der Waals surface area contributed by atoms with Gasteiger partial charge in [-0.25, -0.2) is 0 Å². The lowest BCUT2D eigenvalue weighted by Gasteiger charge is -2.18. The fourth-order valence-corrected chi connectivity index (χ4v) is 2.55. The van der Waals surface area contributed by atoms with Crippen molar-refractivity contribution in [1.29, 1.82) is 0 Å². The minimum Gasteiger partial charge on any atom is -0.496 e. The molecule has 0 fully saturated rings. The van der Waals surface area contributed by atoms with Gasteiger partial charge in [0.25, 0.3) is 0 Å². The second kappa shape index (κ2) is 4.75. The molecule has 17 heavy (non-hydrogen) atoms. The fourth-order valence-electron chi connectivity index (χ4n) is 2.55. The van der Waals surface area contributed by atoms with Gasteiger partial charge >= 0.3 is 5.97 Å². The summed E-state index contributed by atoms with van der Waals surface area (Å²) in [6, 6.07) is 3.45. The number of fused-ring (bicyclic) bond motifs is 1. The number of carboxylic acids is 1. The molecule has 1 unspecified atom stereocenters. The number of nitrogens with two attached hydrogens (primary N) is 1. The molecule has 3 N–H and O–H groups in total. The quantitative estimate of drug-likeness (QED) is 0.832. The number of ether oxygens (including phenoxy) is 1. The van der Waals surface area contributed by atoms with Crippen LogP contribution >= 0.6 is 0 Å². The Bertz CT molecular complexity index is 443. The highest BCUT2D eigenvalue weighted by Gasteiger charge is 2.23. The molecule has 1 aliphatic rings. The van der Waals surface area contributed by atoms with E-state index in [0.717, 1.165) is 24.8 Å². The Morgan fingerprint density at radius 1 is 1.53 bits per heavy atom. The first-order chi connectivity index (χ1) is 8.13. The van der Waals surface area contributed by atoms with Crippen LogP contribution in [0.15, 0.2) is 12.1 Å². The lowest BCUT2D eigenvalue weighted by Crippen LogP contribution is -2.17. The highest BCUT2D eigenvalue weighted by molar-refractivity contribution is 5.68. The number of aliphatic carboxylic acids is 1. The largest absolute Gasteiger partial charge is 0.496 e. The molecule has 0 bridgehead atoms. The van der Waals surface area contributed by atoms with Gasteiger partial charge in [0.05, 0.1) is 13.5 Å². The number of methoxy groups -OCH3 is 1. The molecule has 1 aromatic rings. The Hall–Kier alpha value is -1.55. The van der Waals surface area contributed by atoms with Crippen molar-refractivity contribution in [1.82, 2.24) is 0 Å². The van der Waals surface area contributed by atoms with Gasteiger partial charge in [0, 0.05) is 11.6 Å². The summed E-state index contributed by atoms with van der Waals surface area (Å²) in [5.74, 6) is -0.172. The maximum Gasteiger partial charge on any atom is 0.305 e. The van der Waals surface area contributed by atoms with Crippen LogP contribution < -0.4 is 10.5 Å². The molecule has 0 saturated carbocycles. The van der Waals surface area contributed by atoms with E-state index < -0.39 is 12.0 Å². The molecular weight excluding hydrogens is 218 g/mol. The van der Waals surface area contributed by atoms with Crippen molar-refractivity contribution in [3.8, 4) is 5.75 Å². The maximum absolute atomic E-state index is 10.8. The summed E-state index contributed by atoms with van der Waals surface area (Å²) >= 11 is 0. The van der Waals surface area contributed by atoms with E-state index in [2.05, 4.69) is 6.07 Å². The molecule has 0 amide bonds. The molecular formula is C13H17NO3. The number of hydrogen-bond donors (Lipinski definition) is 2. The minimum absolute atomic E-state index is 0.0627. The van der Waals surface area contributed by atoms with E-state index >= 15 is 0 Å². The number of benzene rings is 1. The standard InChI is InChI=1S/C13H17NO3/c1-17-11-6-5-8-3-2-4-9(8)13(11)10(14)7-12(15)16/h5-6,10H,2-4,7,14H2,1H3,(H,15,16). The Balaban J connectivity index is 2.42. The number of rotatable bonds is 4. The minimum atomic E-state index is -0.879. The Morgan fingerprint density at radius 2 is 2.29 bits per heavy atom. The fraction of sp³-hybridized carbons (Fsp3) is 0.462. The van der Waals surface area contributed by atoms with Crippen LogP contribution in [-0.4, -0.2) is 18.2 Å². The summed E-state index contributed by atoms with van der Waals surface area (Å²) in [5.41, 5.74) is 9.34. The van der Waals surface area contributed by atoms with Crippen LogP contribution in [0.1, 0.15) is 35.6 Å². The normalized spacial score (nSPS) is 15.4. The summed E-state index contributed by atoms with van der Waals surface area (Å²) in [6.45, 7) is 0. The van der Waals surface area contributed by atoms with Crippen molar-refractivity contribution < 1.29 is 14.6 Å². The van der Waals surface area contributed by atoms with Crippen molar-refractivity contribution in [2.24, 2.45) is 5.73 Å². The first-order valence-corrected chi connectivity index (χ1v) is 5.79. The summed E-state index contributed by atoms with van der Waals surface area (Å²) in [7, 11) is 1.59. The predicted molar refractivity (Wildman–Crippen MR) is 64.2 cm³/mol. The van der Waals surface area contributed by atoms with Crippen molar-refractivity contribution >= 4 is 5.97 Å². The van der Waals surface area contributed by atoms with Crippen molar-refractivity contribution in [3.05, 3.63) is 28.8 Å². The van der Waals surface area contributed by atoms with Gasteiger partial charge in [-0.1, -0.05) is 6.07 Å². The predicted octanol–water partition coefficient (Wildman–Crippen LogP) is 1.66. The molecule has 1 atom stereocenters. The molecule has 0 heterocycles. The molecule has 1 aliphatic carbocycles. The summed E-state index contributed by atoms with van der Waals surface area (Å²) in [4.78, 5) is 10.8. The smallest absolute Gasteiger partial charge is 0.305 e. The second-order valence-corrected chi connectivity index (χ2v) is 4.38. The maximum atomic E-state index is 10.8. The van der Waals surface area contributed by atoms with Gasteiger partial charge in [-0.15, -0.1) is 0 Å². The van der Waals surface area contributed by atoms with E-state index in [0.29, 0.717) is 5.75 Å². The monoisotopic (exact) mass is 235 g/mol. The topological polar surface area (TPSA) is 72.5 Å². The third kappa shape index (κ3) is 2.26. The first-order valence-electron chi connectivity index (χ1n) is 5.79. The molecule has 92 valence electrons. The molecule has 0 radical (unpaired) electrons. The van der Waals surface area contributed by atoms with Gasteiger partial charge in [-0.2, -0.15) is 0 Å². The van der Waals surface area contributed by atoms with E-state index in [4.69, 9.17) is 15.6 Å². The van der Waals surface area contributed by atoms with Crippen LogP contribution in [-0.2, 0) is 17.6 Å². The van der Waals surface area contributed by atoms with Gasteiger partial charge < -0.3 is 15.6 Å². The highest BCUT2D eigenvalue weighted by atomic mass is 16.5. The van der Waals surface area contributed by atoms with E-state index in [-0.39, 0.29) is 6.42 Å². The second-order valence-electron chi connectivity index (χ2n) is 4.38. The van der Waals surface area contributed by atoms with Crippen LogP contribution in [0, 0.1) is 0 Å². The SMILES string of the molecule is COc1ccc2c(c1C(N)CC(=O)O)CCC2. The zero-order valence-electron chi connectivity index (χ0n) is 9.90. The zero-order valence-corrected chi connectivity index (χ0v) is 9.90. The van der Waals surface area contributed by atoms with Gasteiger partial charge in [0.1, 0.15) is 5.75 Å².